The maximum Gasteiger partial charge on any atom is 0.325 e. The normalized spacial score (nSPS) is 15.5. The molecule has 1 aliphatic rings. The van der Waals surface area contributed by atoms with Crippen LogP contribution >= 0.6 is 15.9 Å². The number of amides is 3. The van der Waals surface area contributed by atoms with Gasteiger partial charge in [-0.15, -0.1) is 0 Å². The summed E-state index contributed by atoms with van der Waals surface area (Å²) in [7, 11) is 1.24. The Bertz CT molecular complexity index is 1020. The number of ether oxygens (including phenoxy) is 1. The van der Waals surface area contributed by atoms with Crippen molar-refractivity contribution in [2.24, 2.45) is 5.92 Å². The number of nitrogens with zero attached hydrogens (tertiary/aromatic N) is 1. The molecule has 1 unspecified atom stereocenters. The lowest BCUT2D eigenvalue weighted by Crippen LogP contribution is -2.30. The number of nitrogens with one attached hydrogen (secondary N) is 2. The zero-order chi connectivity index (χ0) is 22.5. The van der Waals surface area contributed by atoms with Crippen LogP contribution < -0.4 is 15.5 Å². The van der Waals surface area contributed by atoms with Crippen molar-refractivity contribution in [1.82, 2.24) is 5.32 Å². The monoisotopic (exact) mass is 487 g/mol. The van der Waals surface area contributed by atoms with Gasteiger partial charge in [0.25, 0.3) is 5.91 Å². The second-order valence-corrected chi connectivity index (χ2v) is 8.02. The predicted octanol–water partition coefficient (Wildman–Crippen LogP) is 2.65. The molecule has 2 aromatic carbocycles. The summed E-state index contributed by atoms with van der Waals surface area (Å²) in [5.74, 6) is -1.80. The average Bonchev–Trinajstić information content (AvgIpc) is 3.16. The van der Waals surface area contributed by atoms with Gasteiger partial charge in [-0.05, 0) is 55.0 Å². The first-order chi connectivity index (χ1) is 14.8. The maximum atomic E-state index is 12.7. The molecule has 0 bridgehead atoms. The first kappa shape index (κ1) is 22.5. The van der Waals surface area contributed by atoms with Crippen LogP contribution in [0.25, 0.3) is 0 Å². The third kappa shape index (κ3) is 5.49. The van der Waals surface area contributed by atoms with E-state index in [4.69, 9.17) is 0 Å². The molecule has 3 amide bonds. The van der Waals surface area contributed by atoms with Crippen LogP contribution in [0, 0.1) is 12.8 Å². The van der Waals surface area contributed by atoms with Gasteiger partial charge in [0.1, 0.15) is 6.54 Å². The summed E-state index contributed by atoms with van der Waals surface area (Å²) < 4.78 is 5.43. The van der Waals surface area contributed by atoms with Crippen molar-refractivity contribution in [2.45, 2.75) is 13.3 Å². The third-order valence-corrected chi connectivity index (χ3v) is 5.87. The molecular formula is C22H22BrN3O5. The molecule has 1 aliphatic heterocycles. The van der Waals surface area contributed by atoms with Crippen LogP contribution in [-0.4, -0.2) is 43.9 Å². The number of anilines is 2. The number of methoxy groups -OCH3 is 1. The molecule has 31 heavy (non-hydrogen) atoms. The summed E-state index contributed by atoms with van der Waals surface area (Å²) in [5, 5.41) is 5.23. The number of benzene rings is 2. The molecule has 2 N–H and O–H groups in total. The number of hydrogen-bond acceptors (Lipinski definition) is 5. The minimum Gasteiger partial charge on any atom is -0.468 e. The van der Waals surface area contributed by atoms with E-state index in [2.05, 4.69) is 31.3 Å². The molecular weight excluding hydrogens is 466 g/mol. The highest BCUT2D eigenvalue weighted by Crippen LogP contribution is 2.29. The Hall–Kier alpha value is -3.20. The van der Waals surface area contributed by atoms with E-state index in [-0.39, 0.29) is 24.8 Å². The van der Waals surface area contributed by atoms with E-state index in [0.717, 1.165) is 15.7 Å². The van der Waals surface area contributed by atoms with Crippen LogP contribution in [0.15, 0.2) is 46.9 Å². The Kier molecular flexibility index (Phi) is 7.06. The Morgan fingerprint density at radius 1 is 1.16 bits per heavy atom. The summed E-state index contributed by atoms with van der Waals surface area (Å²) in [4.78, 5) is 49.8. The lowest BCUT2D eigenvalue weighted by molar-refractivity contribution is -0.139. The SMILES string of the molecule is COC(=O)CNC(=O)c1ccc(NC(=O)C2CC(=O)N(c3ccc(Br)c(C)c3)C2)cc1. The van der Waals surface area contributed by atoms with Crippen molar-refractivity contribution in [1.29, 1.82) is 0 Å². The fraction of sp³-hybridized carbons (Fsp3) is 0.273. The molecule has 9 heteroatoms. The second kappa shape index (κ2) is 9.74. The van der Waals surface area contributed by atoms with Gasteiger partial charge in [-0.2, -0.15) is 0 Å². The fourth-order valence-electron chi connectivity index (χ4n) is 3.21. The molecule has 1 fully saturated rings. The van der Waals surface area contributed by atoms with Crippen LogP contribution in [0.4, 0.5) is 11.4 Å². The van der Waals surface area contributed by atoms with Crippen molar-refractivity contribution < 1.29 is 23.9 Å². The molecule has 0 radical (unpaired) electrons. The highest BCUT2D eigenvalue weighted by Gasteiger charge is 2.35. The third-order valence-electron chi connectivity index (χ3n) is 4.98. The van der Waals surface area contributed by atoms with Gasteiger partial charge in [0.15, 0.2) is 0 Å². The quantitative estimate of drug-likeness (QED) is 0.609. The van der Waals surface area contributed by atoms with Gasteiger partial charge in [-0.1, -0.05) is 15.9 Å². The molecule has 1 atom stereocenters. The molecule has 0 saturated carbocycles. The highest BCUT2D eigenvalue weighted by molar-refractivity contribution is 9.10. The number of carbonyl (C=O) groups excluding carboxylic acids is 4. The second-order valence-electron chi connectivity index (χ2n) is 7.16. The van der Waals surface area contributed by atoms with Crippen LogP contribution in [0.5, 0.6) is 0 Å². The average molecular weight is 488 g/mol. The Labute approximate surface area is 188 Å². The van der Waals surface area contributed by atoms with Crippen LogP contribution in [-0.2, 0) is 19.1 Å². The summed E-state index contributed by atoms with van der Waals surface area (Å²) in [6.07, 6.45) is 0.134. The van der Waals surface area contributed by atoms with Crippen LogP contribution in [0.3, 0.4) is 0 Å². The van der Waals surface area contributed by atoms with E-state index < -0.39 is 17.8 Å². The molecule has 8 nitrogen and oxygen atoms in total. The maximum absolute atomic E-state index is 12.7. The van der Waals surface area contributed by atoms with E-state index >= 15 is 0 Å². The Morgan fingerprint density at radius 3 is 2.52 bits per heavy atom. The molecule has 0 aliphatic carbocycles. The van der Waals surface area contributed by atoms with E-state index in [0.29, 0.717) is 17.8 Å². The molecule has 2 aromatic rings. The minimum atomic E-state index is -0.546. The van der Waals surface area contributed by atoms with Gasteiger partial charge < -0.3 is 20.3 Å². The summed E-state index contributed by atoms with van der Waals surface area (Å²) >= 11 is 3.44. The van der Waals surface area contributed by atoms with Gasteiger partial charge in [0, 0.05) is 34.4 Å². The Morgan fingerprint density at radius 2 is 1.87 bits per heavy atom. The Balaban J connectivity index is 1.59. The molecule has 3 rings (SSSR count). The fourth-order valence-corrected chi connectivity index (χ4v) is 3.45. The van der Waals surface area contributed by atoms with Crippen molar-refractivity contribution in [3.8, 4) is 0 Å². The zero-order valence-corrected chi connectivity index (χ0v) is 18.7. The van der Waals surface area contributed by atoms with E-state index in [1.54, 1.807) is 29.2 Å². The molecule has 1 heterocycles. The minimum absolute atomic E-state index is 0.0977. The van der Waals surface area contributed by atoms with Gasteiger partial charge in [0.05, 0.1) is 13.0 Å². The van der Waals surface area contributed by atoms with Gasteiger partial charge in [-0.25, -0.2) is 0 Å². The molecule has 162 valence electrons. The van der Waals surface area contributed by atoms with E-state index in [9.17, 15) is 19.2 Å². The standard InChI is InChI=1S/C22H22BrN3O5/c1-13-9-17(7-8-18(13)23)26-12-15(10-19(26)27)22(30)25-16-5-3-14(4-6-16)21(29)24-11-20(28)31-2/h3-9,15H,10-12H2,1-2H3,(H,24,29)(H,25,30). The number of aryl methyl sites for hydroxylation is 1. The van der Waals surface area contributed by atoms with Crippen molar-refractivity contribution in [2.75, 3.05) is 30.4 Å². The smallest absolute Gasteiger partial charge is 0.325 e. The van der Waals surface area contributed by atoms with E-state index in [1.165, 1.54) is 7.11 Å². The topological polar surface area (TPSA) is 105 Å². The van der Waals surface area contributed by atoms with Crippen LogP contribution in [0.1, 0.15) is 22.3 Å². The lowest BCUT2D eigenvalue weighted by atomic mass is 10.1. The highest BCUT2D eigenvalue weighted by atomic mass is 79.9. The molecule has 1 saturated heterocycles. The van der Waals surface area contributed by atoms with Crippen molar-refractivity contribution in [3.63, 3.8) is 0 Å². The number of carbonyl (C=O) groups is 4. The largest absolute Gasteiger partial charge is 0.468 e. The first-order valence-corrected chi connectivity index (χ1v) is 10.4. The van der Waals surface area contributed by atoms with Crippen LogP contribution in [0.2, 0.25) is 0 Å². The lowest BCUT2D eigenvalue weighted by Gasteiger charge is -2.18. The number of hydrogen-bond donors (Lipinski definition) is 2. The van der Waals surface area contributed by atoms with Gasteiger partial charge in [0.2, 0.25) is 11.8 Å². The first-order valence-electron chi connectivity index (χ1n) is 9.61. The zero-order valence-electron chi connectivity index (χ0n) is 17.1. The number of esters is 1. The van der Waals surface area contributed by atoms with E-state index in [1.807, 2.05) is 25.1 Å². The van der Waals surface area contributed by atoms with Crippen molar-refractivity contribution in [3.05, 3.63) is 58.1 Å². The summed E-state index contributed by atoms with van der Waals surface area (Å²) in [6, 6.07) is 11.9. The number of rotatable bonds is 6. The van der Waals surface area contributed by atoms with Gasteiger partial charge in [-0.3, -0.25) is 19.2 Å². The van der Waals surface area contributed by atoms with Crippen molar-refractivity contribution >= 4 is 51.0 Å². The predicted molar refractivity (Wildman–Crippen MR) is 119 cm³/mol. The summed E-state index contributed by atoms with van der Waals surface area (Å²) in [5.41, 5.74) is 2.63. The molecule has 0 spiro atoms. The molecule has 0 aromatic heterocycles. The number of halogens is 1. The van der Waals surface area contributed by atoms with Gasteiger partial charge >= 0.3 is 5.97 Å². The summed E-state index contributed by atoms with van der Waals surface area (Å²) in [6.45, 7) is 2.02.